The summed E-state index contributed by atoms with van der Waals surface area (Å²) in [5, 5.41) is 18.0. The molecule has 0 saturated heterocycles. The van der Waals surface area contributed by atoms with Crippen LogP contribution in [-0.4, -0.2) is 63.4 Å². The van der Waals surface area contributed by atoms with E-state index in [0.29, 0.717) is 0 Å². The van der Waals surface area contributed by atoms with Crippen LogP contribution in [0.5, 0.6) is 0 Å². The molecule has 0 fully saturated rings. The second-order valence-electron chi connectivity index (χ2n) is 3.99. The summed E-state index contributed by atoms with van der Waals surface area (Å²) in [6.45, 7) is 0.0762. The summed E-state index contributed by atoms with van der Waals surface area (Å²) in [5.41, 5.74) is -0.226. The third kappa shape index (κ3) is 4.74. The van der Waals surface area contributed by atoms with Crippen molar-refractivity contribution in [3.8, 4) is 0 Å². The Kier molecular flexibility index (Phi) is 4.98. The number of nitrogens with zero attached hydrogens (tertiary/aromatic N) is 4. The van der Waals surface area contributed by atoms with Crippen molar-refractivity contribution in [2.24, 2.45) is 0 Å². The van der Waals surface area contributed by atoms with Crippen LogP contribution in [0.25, 0.3) is 0 Å². The minimum Gasteiger partial charge on any atom is -0.476 e. The molecule has 9 heteroatoms. The summed E-state index contributed by atoms with van der Waals surface area (Å²) in [4.78, 5) is 34.7. The number of carbonyl (C=O) groups excluding carboxylic acids is 2. The average molecular weight is 269 g/mol. The number of nitrogens with one attached hydrogen (secondary N) is 1. The van der Waals surface area contributed by atoms with Gasteiger partial charge in [-0.1, -0.05) is 5.21 Å². The molecule has 9 nitrogen and oxygen atoms in total. The molecular formula is C10H15N5O4. The zero-order valence-corrected chi connectivity index (χ0v) is 10.7. The SMILES string of the molecule is CN(C)C(=O)CCNC(=O)Cn1cc(C(=O)O)nn1. The van der Waals surface area contributed by atoms with E-state index in [2.05, 4.69) is 15.6 Å². The number of carboxylic acids is 1. The Bertz CT molecular complexity index is 482. The summed E-state index contributed by atoms with van der Waals surface area (Å²) in [5.74, 6) is -1.66. The topological polar surface area (TPSA) is 117 Å². The molecule has 2 amide bonds. The fourth-order valence-electron chi connectivity index (χ4n) is 1.21. The lowest BCUT2D eigenvalue weighted by Gasteiger charge is -2.10. The van der Waals surface area contributed by atoms with Gasteiger partial charge in [-0.2, -0.15) is 0 Å². The third-order valence-corrected chi connectivity index (χ3v) is 2.22. The fraction of sp³-hybridized carbons (Fsp3) is 0.500. The van der Waals surface area contributed by atoms with Gasteiger partial charge in [0.25, 0.3) is 0 Å². The lowest BCUT2D eigenvalue weighted by Crippen LogP contribution is -2.32. The zero-order chi connectivity index (χ0) is 14.4. The van der Waals surface area contributed by atoms with Gasteiger partial charge in [-0.15, -0.1) is 5.10 Å². The highest BCUT2D eigenvalue weighted by Gasteiger charge is 2.11. The molecule has 0 saturated carbocycles. The molecule has 0 aromatic carbocycles. The van der Waals surface area contributed by atoms with Crippen molar-refractivity contribution >= 4 is 17.8 Å². The lowest BCUT2D eigenvalue weighted by molar-refractivity contribution is -0.128. The van der Waals surface area contributed by atoms with E-state index < -0.39 is 5.97 Å². The van der Waals surface area contributed by atoms with Crippen molar-refractivity contribution in [1.82, 2.24) is 25.2 Å². The Morgan fingerprint density at radius 1 is 1.42 bits per heavy atom. The molecule has 0 unspecified atom stereocenters. The largest absolute Gasteiger partial charge is 0.476 e. The average Bonchev–Trinajstić information content (AvgIpc) is 2.77. The first-order valence-corrected chi connectivity index (χ1v) is 5.50. The van der Waals surface area contributed by atoms with E-state index in [0.717, 1.165) is 10.9 Å². The van der Waals surface area contributed by atoms with Crippen molar-refractivity contribution in [2.75, 3.05) is 20.6 Å². The van der Waals surface area contributed by atoms with Crippen LogP contribution in [-0.2, 0) is 16.1 Å². The summed E-state index contributed by atoms with van der Waals surface area (Å²) >= 11 is 0. The van der Waals surface area contributed by atoms with Gasteiger partial charge in [0.05, 0.1) is 6.20 Å². The highest BCUT2D eigenvalue weighted by atomic mass is 16.4. The van der Waals surface area contributed by atoms with Gasteiger partial charge in [-0.05, 0) is 0 Å². The number of carbonyl (C=O) groups is 3. The Labute approximate surface area is 109 Å². The predicted octanol–water partition coefficient (Wildman–Crippen LogP) is -1.43. The molecule has 1 rings (SSSR count). The predicted molar refractivity (Wildman–Crippen MR) is 63.3 cm³/mol. The highest BCUT2D eigenvalue weighted by molar-refractivity contribution is 5.84. The van der Waals surface area contributed by atoms with E-state index >= 15 is 0 Å². The molecule has 0 aliphatic heterocycles. The number of hydrogen-bond donors (Lipinski definition) is 2. The number of aromatic nitrogens is 3. The number of rotatable bonds is 6. The van der Waals surface area contributed by atoms with Crippen molar-refractivity contribution < 1.29 is 19.5 Å². The number of amides is 2. The van der Waals surface area contributed by atoms with Crippen LogP contribution in [0.1, 0.15) is 16.9 Å². The van der Waals surface area contributed by atoms with Gasteiger partial charge in [-0.3, -0.25) is 9.59 Å². The van der Waals surface area contributed by atoms with Crippen molar-refractivity contribution in [3.63, 3.8) is 0 Å². The number of carboxylic acid groups (broad SMARTS) is 1. The highest BCUT2D eigenvalue weighted by Crippen LogP contribution is 1.92. The van der Waals surface area contributed by atoms with E-state index in [-0.39, 0.29) is 37.0 Å². The Morgan fingerprint density at radius 3 is 2.63 bits per heavy atom. The molecule has 0 aliphatic rings. The molecule has 1 aromatic rings. The molecule has 0 radical (unpaired) electrons. The number of aromatic carboxylic acids is 1. The first-order chi connectivity index (χ1) is 8.90. The molecule has 0 aliphatic carbocycles. The van der Waals surface area contributed by atoms with Crippen LogP contribution in [0.2, 0.25) is 0 Å². The van der Waals surface area contributed by atoms with Crippen molar-refractivity contribution in [1.29, 1.82) is 0 Å². The second kappa shape index (κ2) is 6.47. The van der Waals surface area contributed by atoms with Gasteiger partial charge in [0.2, 0.25) is 11.8 Å². The smallest absolute Gasteiger partial charge is 0.358 e. The Balaban J connectivity index is 2.34. The Hall–Kier alpha value is -2.45. The van der Waals surface area contributed by atoms with Gasteiger partial charge < -0.3 is 15.3 Å². The molecule has 104 valence electrons. The van der Waals surface area contributed by atoms with Crippen molar-refractivity contribution in [2.45, 2.75) is 13.0 Å². The van der Waals surface area contributed by atoms with Crippen LogP contribution in [0.4, 0.5) is 0 Å². The summed E-state index contributed by atoms with van der Waals surface area (Å²) in [6, 6.07) is 0. The van der Waals surface area contributed by atoms with E-state index in [1.165, 1.54) is 4.90 Å². The van der Waals surface area contributed by atoms with E-state index in [1.807, 2.05) is 0 Å². The van der Waals surface area contributed by atoms with Crippen LogP contribution >= 0.6 is 0 Å². The summed E-state index contributed by atoms with van der Waals surface area (Å²) in [7, 11) is 3.26. The Morgan fingerprint density at radius 2 is 2.11 bits per heavy atom. The second-order valence-corrected chi connectivity index (χ2v) is 3.99. The molecule has 1 heterocycles. The maximum Gasteiger partial charge on any atom is 0.358 e. The van der Waals surface area contributed by atoms with E-state index in [1.54, 1.807) is 14.1 Å². The maximum atomic E-state index is 11.5. The van der Waals surface area contributed by atoms with Crippen LogP contribution in [0, 0.1) is 0 Å². The van der Waals surface area contributed by atoms with Gasteiger partial charge in [0, 0.05) is 27.1 Å². The molecule has 2 N–H and O–H groups in total. The van der Waals surface area contributed by atoms with Gasteiger partial charge >= 0.3 is 5.97 Å². The van der Waals surface area contributed by atoms with Gasteiger partial charge in [-0.25, -0.2) is 9.48 Å². The van der Waals surface area contributed by atoms with Gasteiger partial charge in [0.15, 0.2) is 5.69 Å². The normalized spacial score (nSPS) is 10.0. The number of hydrogen-bond acceptors (Lipinski definition) is 5. The van der Waals surface area contributed by atoms with E-state index in [4.69, 9.17) is 5.11 Å². The minimum absolute atomic E-state index is 0.0887. The minimum atomic E-state index is -1.21. The molecule has 0 atom stereocenters. The van der Waals surface area contributed by atoms with Crippen LogP contribution in [0.3, 0.4) is 0 Å². The molecular weight excluding hydrogens is 254 g/mol. The van der Waals surface area contributed by atoms with Gasteiger partial charge in [0.1, 0.15) is 6.54 Å². The van der Waals surface area contributed by atoms with E-state index in [9.17, 15) is 14.4 Å². The monoisotopic (exact) mass is 269 g/mol. The first kappa shape index (κ1) is 14.6. The quantitative estimate of drug-likeness (QED) is 0.654. The zero-order valence-electron chi connectivity index (χ0n) is 10.7. The first-order valence-electron chi connectivity index (χ1n) is 5.50. The summed E-state index contributed by atoms with van der Waals surface area (Å²) in [6.07, 6.45) is 1.36. The maximum absolute atomic E-state index is 11.5. The molecule has 0 bridgehead atoms. The molecule has 1 aromatic heterocycles. The van der Waals surface area contributed by atoms with Crippen molar-refractivity contribution in [3.05, 3.63) is 11.9 Å². The fourth-order valence-corrected chi connectivity index (χ4v) is 1.21. The third-order valence-electron chi connectivity index (χ3n) is 2.22. The van der Waals surface area contributed by atoms with Crippen LogP contribution < -0.4 is 5.32 Å². The van der Waals surface area contributed by atoms with Crippen LogP contribution in [0.15, 0.2) is 6.20 Å². The lowest BCUT2D eigenvalue weighted by atomic mass is 10.4. The molecule has 0 spiro atoms. The standard InChI is InChI=1S/C10H15N5O4/c1-14(2)9(17)3-4-11-8(16)6-15-5-7(10(18)19)12-13-15/h5H,3-4,6H2,1-2H3,(H,11,16)(H,18,19). The molecule has 19 heavy (non-hydrogen) atoms. The summed E-state index contributed by atoms with van der Waals surface area (Å²) < 4.78 is 1.12.